The third-order valence-corrected chi connectivity index (χ3v) is 3.75. The van der Waals surface area contributed by atoms with E-state index in [1.807, 2.05) is 0 Å². The molecule has 0 N–H and O–H groups in total. The molecule has 2 nitrogen and oxygen atoms in total. The van der Waals surface area contributed by atoms with Gasteiger partial charge in [-0.3, -0.25) is 0 Å². The van der Waals surface area contributed by atoms with Crippen LogP contribution >= 0.6 is 10.7 Å². The lowest BCUT2D eigenvalue weighted by atomic mass is 10.0. The van der Waals surface area contributed by atoms with Crippen molar-refractivity contribution in [2.45, 2.75) is 31.1 Å². The molecule has 8 heteroatoms. The maximum atomic E-state index is 13.3. The van der Waals surface area contributed by atoms with Crippen molar-refractivity contribution in [2.24, 2.45) is 5.92 Å². The van der Waals surface area contributed by atoms with Crippen LogP contribution in [0.15, 0.2) is 0 Å². The number of halogens is 5. The second kappa shape index (κ2) is 3.76. The number of hydrogen-bond donors (Lipinski definition) is 0. The normalized spacial score (nSPS) is 33.3. The van der Waals surface area contributed by atoms with E-state index >= 15 is 0 Å². The van der Waals surface area contributed by atoms with Gasteiger partial charge in [-0.1, -0.05) is 0 Å². The summed E-state index contributed by atoms with van der Waals surface area (Å²) in [5.74, 6) is -1.45. The van der Waals surface area contributed by atoms with Crippen LogP contribution in [-0.2, 0) is 9.05 Å². The zero-order valence-electron chi connectivity index (χ0n) is 7.52. The van der Waals surface area contributed by atoms with E-state index in [-0.39, 0.29) is 6.42 Å². The largest absolute Gasteiger partial charge is 0.422 e. The molecule has 0 spiro atoms. The van der Waals surface area contributed by atoms with Gasteiger partial charge in [-0.25, -0.2) is 12.8 Å². The average molecular weight is 269 g/mol. The minimum absolute atomic E-state index is 0.109. The first-order valence-corrected chi connectivity index (χ1v) is 6.69. The van der Waals surface area contributed by atoms with Crippen LogP contribution in [0.3, 0.4) is 0 Å². The SMILES string of the molecule is O=S(=O)(Cl)CC1CCC(F)(C(F)(F)F)C1. The summed E-state index contributed by atoms with van der Waals surface area (Å²) in [6.07, 6.45) is -6.55. The van der Waals surface area contributed by atoms with Gasteiger partial charge in [0.2, 0.25) is 14.7 Å². The fourth-order valence-corrected chi connectivity index (χ4v) is 3.16. The van der Waals surface area contributed by atoms with Gasteiger partial charge in [0, 0.05) is 10.7 Å². The minimum Gasteiger partial charge on any atom is -0.234 e. The molecule has 0 radical (unpaired) electrons. The summed E-state index contributed by atoms with van der Waals surface area (Å²) in [7, 11) is 1.02. The van der Waals surface area contributed by atoms with Gasteiger partial charge < -0.3 is 0 Å². The molecule has 90 valence electrons. The average Bonchev–Trinajstić information content (AvgIpc) is 2.27. The Morgan fingerprint density at radius 1 is 1.40 bits per heavy atom. The Balaban J connectivity index is 2.68. The molecule has 0 aromatic heterocycles. The molecule has 0 aliphatic heterocycles. The van der Waals surface area contributed by atoms with E-state index in [9.17, 15) is 26.0 Å². The maximum Gasteiger partial charge on any atom is 0.422 e. The Kier molecular flexibility index (Phi) is 3.27. The van der Waals surface area contributed by atoms with E-state index in [0.29, 0.717) is 0 Å². The Morgan fingerprint density at radius 3 is 2.27 bits per heavy atom. The van der Waals surface area contributed by atoms with Crippen LogP contribution in [0.4, 0.5) is 17.6 Å². The lowest BCUT2D eigenvalue weighted by Crippen LogP contribution is -2.38. The van der Waals surface area contributed by atoms with Crippen LogP contribution in [0.1, 0.15) is 19.3 Å². The first-order chi connectivity index (χ1) is 6.54. The summed E-state index contributed by atoms with van der Waals surface area (Å²) < 4.78 is 71.1. The van der Waals surface area contributed by atoms with Crippen LogP contribution < -0.4 is 0 Å². The van der Waals surface area contributed by atoms with E-state index in [1.54, 1.807) is 0 Å². The Hall–Kier alpha value is -0.0400. The number of alkyl halides is 4. The quantitative estimate of drug-likeness (QED) is 0.570. The Labute approximate surface area is 89.0 Å². The zero-order chi connectivity index (χ0) is 11.9. The molecule has 0 heterocycles. The molecule has 1 saturated carbocycles. The van der Waals surface area contributed by atoms with Gasteiger partial charge in [0.05, 0.1) is 5.75 Å². The summed E-state index contributed by atoms with van der Waals surface area (Å²) in [5, 5.41) is 0. The summed E-state index contributed by atoms with van der Waals surface area (Å²) in [6.45, 7) is 0. The Bertz CT molecular complexity index is 339. The van der Waals surface area contributed by atoms with E-state index in [4.69, 9.17) is 10.7 Å². The summed E-state index contributed by atoms with van der Waals surface area (Å²) in [5.41, 5.74) is -3.25. The van der Waals surface area contributed by atoms with Crippen molar-refractivity contribution in [3.63, 3.8) is 0 Å². The molecule has 1 fully saturated rings. The molecule has 2 atom stereocenters. The van der Waals surface area contributed by atoms with Gasteiger partial charge in [0.1, 0.15) is 0 Å². The molecule has 2 unspecified atom stereocenters. The van der Waals surface area contributed by atoms with Crippen molar-refractivity contribution in [3.05, 3.63) is 0 Å². The second-order valence-electron chi connectivity index (χ2n) is 3.78. The summed E-state index contributed by atoms with van der Waals surface area (Å²) in [4.78, 5) is 0. The zero-order valence-corrected chi connectivity index (χ0v) is 9.09. The summed E-state index contributed by atoms with van der Waals surface area (Å²) >= 11 is 0. The van der Waals surface area contributed by atoms with Crippen molar-refractivity contribution in [1.29, 1.82) is 0 Å². The highest BCUT2D eigenvalue weighted by atomic mass is 35.7. The van der Waals surface area contributed by atoms with E-state index in [1.165, 1.54) is 0 Å². The highest BCUT2D eigenvalue weighted by Gasteiger charge is 2.59. The fourth-order valence-electron chi connectivity index (χ4n) is 1.78. The van der Waals surface area contributed by atoms with Crippen LogP contribution in [-0.4, -0.2) is 26.0 Å². The molecular formula is C7H9ClF4O2S. The molecule has 0 saturated heterocycles. The fraction of sp³-hybridized carbons (Fsp3) is 1.00. The van der Waals surface area contributed by atoms with E-state index in [0.717, 1.165) is 0 Å². The first-order valence-electron chi connectivity index (χ1n) is 4.21. The van der Waals surface area contributed by atoms with Gasteiger partial charge >= 0.3 is 6.18 Å². The first kappa shape index (κ1) is 13.0. The van der Waals surface area contributed by atoms with Crippen molar-refractivity contribution in [1.82, 2.24) is 0 Å². The smallest absolute Gasteiger partial charge is 0.234 e. The van der Waals surface area contributed by atoms with Crippen molar-refractivity contribution in [3.8, 4) is 0 Å². The standard InChI is InChI=1S/C7H9ClF4O2S/c8-15(13,14)4-5-1-2-6(9,3-5)7(10,11)12/h5H,1-4H2. The van der Waals surface area contributed by atoms with Crippen LogP contribution in [0, 0.1) is 5.92 Å². The predicted octanol–water partition coefficient (Wildman–Crippen LogP) is 2.63. The van der Waals surface area contributed by atoms with Gasteiger partial charge in [0.15, 0.2) is 0 Å². The molecular weight excluding hydrogens is 260 g/mol. The van der Waals surface area contributed by atoms with E-state index < -0.39 is 45.4 Å². The van der Waals surface area contributed by atoms with Gasteiger partial charge in [-0.2, -0.15) is 13.2 Å². The third-order valence-electron chi connectivity index (χ3n) is 2.50. The highest BCUT2D eigenvalue weighted by Crippen LogP contribution is 2.48. The molecule has 0 bridgehead atoms. The number of rotatable bonds is 2. The lowest BCUT2D eigenvalue weighted by Gasteiger charge is -2.22. The number of hydrogen-bond acceptors (Lipinski definition) is 2. The molecule has 0 amide bonds. The molecule has 0 aromatic rings. The molecule has 1 aliphatic rings. The van der Waals surface area contributed by atoms with Gasteiger partial charge in [-0.05, 0) is 25.2 Å². The molecule has 1 rings (SSSR count). The van der Waals surface area contributed by atoms with Crippen molar-refractivity contribution >= 4 is 19.7 Å². The van der Waals surface area contributed by atoms with Crippen LogP contribution in [0.5, 0.6) is 0 Å². The Morgan fingerprint density at radius 2 is 1.93 bits per heavy atom. The maximum absolute atomic E-state index is 13.3. The topological polar surface area (TPSA) is 34.1 Å². The van der Waals surface area contributed by atoms with Crippen molar-refractivity contribution < 1.29 is 26.0 Å². The third kappa shape index (κ3) is 3.21. The van der Waals surface area contributed by atoms with Crippen LogP contribution in [0.25, 0.3) is 0 Å². The molecule has 0 aromatic carbocycles. The lowest BCUT2D eigenvalue weighted by molar-refractivity contribution is -0.228. The van der Waals surface area contributed by atoms with E-state index in [2.05, 4.69) is 0 Å². The van der Waals surface area contributed by atoms with Gasteiger partial charge in [0.25, 0.3) is 0 Å². The predicted molar refractivity (Wildman–Crippen MR) is 46.9 cm³/mol. The molecule has 1 aliphatic carbocycles. The van der Waals surface area contributed by atoms with Crippen LogP contribution in [0.2, 0.25) is 0 Å². The molecule has 15 heavy (non-hydrogen) atoms. The monoisotopic (exact) mass is 268 g/mol. The highest BCUT2D eigenvalue weighted by molar-refractivity contribution is 8.13. The second-order valence-corrected chi connectivity index (χ2v) is 6.60. The van der Waals surface area contributed by atoms with Gasteiger partial charge in [-0.15, -0.1) is 0 Å². The van der Waals surface area contributed by atoms with Crippen molar-refractivity contribution in [2.75, 3.05) is 5.75 Å². The minimum atomic E-state index is -4.93. The summed E-state index contributed by atoms with van der Waals surface area (Å²) in [6, 6.07) is 0.